The molecule has 0 bridgehead atoms. The first kappa shape index (κ1) is 15.9. The summed E-state index contributed by atoms with van der Waals surface area (Å²) >= 11 is 2.40. The number of sulfonamides is 1. The van der Waals surface area contributed by atoms with Crippen LogP contribution in [0.5, 0.6) is 0 Å². The van der Waals surface area contributed by atoms with Crippen molar-refractivity contribution in [3.63, 3.8) is 0 Å². The Morgan fingerprint density at radius 3 is 2.78 bits per heavy atom. The Morgan fingerprint density at radius 2 is 2.09 bits per heavy atom. The number of fused-ring (bicyclic) bond motifs is 1. The molecular weight excluding hydrogens is 356 g/mol. The number of aryl methyl sites for hydroxylation is 1. The molecule has 3 aromatic rings. The van der Waals surface area contributed by atoms with Gasteiger partial charge in [-0.2, -0.15) is 11.3 Å². The maximum Gasteiger partial charge on any atom is 0.307 e. The van der Waals surface area contributed by atoms with Crippen molar-refractivity contribution < 1.29 is 13.2 Å². The quantitative estimate of drug-likeness (QED) is 0.760. The summed E-state index contributed by atoms with van der Waals surface area (Å²) in [6.07, 6.45) is 0.00362. The number of rotatable bonds is 4. The van der Waals surface area contributed by atoms with Crippen molar-refractivity contribution in [2.24, 2.45) is 7.05 Å². The molecule has 0 atom stereocenters. The van der Waals surface area contributed by atoms with Crippen LogP contribution in [-0.2, 0) is 28.3 Å². The fraction of sp³-hybridized carbons (Fsp3) is 0.143. The van der Waals surface area contributed by atoms with E-state index in [-0.39, 0.29) is 16.2 Å². The minimum Gasteiger partial charge on any atom is -0.302 e. The van der Waals surface area contributed by atoms with E-state index in [0.29, 0.717) is 10.2 Å². The van der Waals surface area contributed by atoms with Crippen LogP contribution >= 0.6 is 22.7 Å². The standard InChI is InChI=1S/C14H12N2O4S3/c1-16-11-3-2-10(7-12(11)22-14(16)18)23(19,20)15-13(17)6-9-4-5-21-8-9/h2-5,7-8H,6H2,1H3,(H,15,17). The third-order valence-electron chi connectivity index (χ3n) is 3.27. The van der Waals surface area contributed by atoms with Gasteiger partial charge in [0.2, 0.25) is 5.91 Å². The molecule has 6 nitrogen and oxygen atoms in total. The monoisotopic (exact) mass is 368 g/mol. The van der Waals surface area contributed by atoms with Crippen LogP contribution < -0.4 is 9.60 Å². The molecule has 2 heterocycles. The summed E-state index contributed by atoms with van der Waals surface area (Å²) in [5.74, 6) is -0.593. The zero-order chi connectivity index (χ0) is 16.6. The van der Waals surface area contributed by atoms with Crippen molar-refractivity contribution in [3.05, 3.63) is 50.3 Å². The number of hydrogen-bond donors (Lipinski definition) is 1. The van der Waals surface area contributed by atoms with Crippen LogP contribution in [0, 0.1) is 0 Å². The number of nitrogens with one attached hydrogen (secondary N) is 1. The predicted molar refractivity (Wildman–Crippen MR) is 90.4 cm³/mol. The molecule has 3 rings (SSSR count). The van der Waals surface area contributed by atoms with Gasteiger partial charge < -0.3 is 4.57 Å². The van der Waals surface area contributed by atoms with Gasteiger partial charge in [0.25, 0.3) is 10.0 Å². The number of benzene rings is 1. The van der Waals surface area contributed by atoms with Crippen LogP contribution in [0.15, 0.2) is 44.7 Å². The predicted octanol–water partition coefficient (Wildman–Crippen LogP) is 1.71. The Bertz CT molecular complexity index is 1030. The molecule has 0 aliphatic heterocycles. The topological polar surface area (TPSA) is 85.2 Å². The number of thiophene rings is 1. The summed E-state index contributed by atoms with van der Waals surface area (Å²) in [5, 5.41) is 3.61. The molecular formula is C14H12N2O4S3. The number of hydrogen-bond acceptors (Lipinski definition) is 6. The largest absolute Gasteiger partial charge is 0.307 e. The Balaban J connectivity index is 1.87. The van der Waals surface area contributed by atoms with Crippen LogP contribution in [0.2, 0.25) is 0 Å². The SMILES string of the molecule is Cn1c(=O)sc2cc(S(=O)(=O)NC(=O)Cc3ccsc3)ccc21. The first-order valence-electron chi connectivity index (χ1n) is 6.53. The van der Waals surface area contributed by atoms with Gasteiger partial charge in [0.05, 0.1) is 21.5 Å². The number of amides is 1. The smallest absolute Gasteiger partial charge is 0.302 e. The lowest BCUT2D eigenvalue weighted by atomic mass is 10.2. The minimum absolute atomic E-state index is 0.00362. The Labute approximate surface area is 140 Å². The molecule has 0 saturated heterocycles. The molecule has 0 spiro atoms. The van der Waals surface area contributed by atoms with Gasteiger partial charge in [0, 0.05) is 7.05 Å². The number of aromatic nitrogens is 1. The highest BCUT2D eigenvalue weighted by atomic mass is 32.2. The van der Waals surface area contributed by atoms with E-state index in [4.69, 9.17) is 0 Å². The fourth-order valence-electron chi connectivity index (χ4n) is 2.10. The zero-order valence-corrected chi connectivity index (χ0v) is 14.4. The summed E-state index contributed by atoms with van der Waals surface area (Å²) < 4.78 is 28.7. The molecule has 23 heavy (non-hydrogen) atoms. The third kappa shape index (κ3) is 3.21. The average molecular weight is 368 g/mol. The van der Waals surface area contributed by atoms with E-state index >= 15 is 0 Å². The molecule has 0 unspecified atom stereocenters. The van der Waals surface area contributed by atoms with E-state index in [1.165, 1.54) is 28.0 Å². The second kappa shape index (κ2) is 5.91. The van der Waals surface area contributed by atoms with Crippen LogP contribution in [-0.4, -0.2) is 18.9 Å². The third-order valence-corrected chi connectivity index (χ3v) is 6.37. The van der Waals surface area contributed by atoms with Gasteiger partial charge in [-0.1, -0.05) is 11.3 Å². The van der Waals surface area contributed by atoms with Gasteiger partial charge in [-0.05, 0) is 40.6 Å². The van der Waals surface area contributed by atoms with Crippen molar-refractivity contribution in [2.45, 2.75) is 11.3 Å². The fourth-order valence-corrected chi connectivity index (χ4v) is 4.78. The van der Waals surface area contributed by atoms with Gasteiger partial charge in [-0.25, -0.2) is 13.1 Å². The van der Waals surface area contributed by atoms with Crippen molar-refractivity contribution in [1.82, 2.24) is 9.29 Å². The van der Waals surface area contributed by atoms with Crippen LogP contribution in [0.25, 0.3) is 10.2 Å². The molecule has 1 amide bonds. The molecule has 0 radical (unpaired) electrons. The van der Waals surface area contributed by atoms with Crippen molar-refractivity contribution in [1.29, 1.82) is 0 Å². The number of carbonyl (C=O) groups is 1. The average Bonchev–Trinajstić information content (AvgIpc) is 3.07. The lowest BCUT2D eigenvalue weighted by molar-refractivity contribution is -0.118. The molecule has 1 aromatic carbocycles. The van der Waals surface area contributed by atoms with Gasteiger partial charge in [0.1, 0.15) is 0 Å². The second-order valence-corrected chi connectivity index (χ2v) is 8.35. The van der Waals surface area contributed by atoms with E-state index in [1.807, 2.05) is 5.38 Å². The second-order valence-electron chi connectivity index (χ2n) is 4.89. The molecule has 0 aliphatic rings. The molecule has 0 saturated carbocycles. The highest BCUT2D eigenvalue weighted by molar-refractivity contribution is 7.90. The summed E-state index contributed by atoms with van der Waals surface area (Å²) in [6, 6.07) is 6.12. The van der Waals surface area contributed by atoms with E-state index in [1.54, 1.807) is 24.6 Å². The van der Waals surface area contributed by atoms with E-state index in [9.17, 15) is 18.0 Å². The van der Waals surface area contributed by atoms with Crippen molar-refractivity contribution in [2.75, 3.05) is 0 Å². The van der Waals surface area contributed by atoms with Crippen LogP contribution in [0.1, 0.15) is 5.56 Å². The molecule has 9 heteroatoms. The van der Waals surface area contributed by atoms with Gasteiger partial charge in [-0.3, -0.25) is 9.59 Å². The number of thiazole rings is 1. The maximum absolute atomic E-state index is 12.3. The highest BCUT2D eigenvalue weighted by Gasteiger charge is 2.19. The first-order chi connectivity index (χ1) is 10.9. The van der Waals surface area contributed by atoms with Gasteiger partial charge >= 0.3 is 4.87 Å². The van der Waals surface area contributed by atoms with Gasteiger partial charge in [-0.15, -0.1) is 0 Å². The van der Waals surface area contributed by atoms with Crippen molar-refractivity contribution >= 4 is 48.8 Å². The molecule has 0 fully saturated rings. The Hall–Kier alpha value is -1.97. The zero-order valence-electron chi connectivity index (χ0n) is 12.0. The van der Waals surface area contributed by atoms with E-state index in [0.717, 1.165) is 16.9 Å². The Kier molecular flexibility index (Phi) is 4.09. The van der Waals surface area contributed by atoms with Crippen molar-refractivity contribution in [3.8, 4) is 0 Å². The Morgan fingerprint density at radius 1 is 1.30 bits per heavy atom. The first-order valence-corrected chi connectivity index (χ1v) is 9.77. The lowest BCUT2D eigenvalue weighted by Crippen LogP contribution is -2.31. The summed E-state index contributed by atoms with van der Waals surface area (Å²) in [6.45, 7) is 0. The van der Waals surface area contributed by atoms with E-state index < -0.39 is 15.9 Å². The minimum atomic E-state index is -3.96. The van der Waals surface area contributed by atoms with Crippen LogP contribution in [0.4, 0.5) is 0 Å². The summed E-state index contributed by atoms with van der Waals surface area (Å²) in [4.78, 5) is 23.3. The summed E-state index contributed by atoms with van der Waals surface area (Å²) in [5.41, 5.74) is 1.42. The van der Waals surface area contributed by atoms with Gasteiger partial charge in [0.15, 0.2) is 0 Å². The summed E-state index contributed by atoms with van der Waals surface area (Å²) in [7, 11) is -2.34. The molecule has 2 aromatic heterocycles. The molecule has 120 valence electrons. The molecule has 0 aliphatic carbocycles. The number of carbonyl (C=O) groups excluding carboxylic acids is 1. The molecule has 1 N–H and O–H groups in total. The normalized spacial score (nSPS) is 11.7. The van der Waals surface area contributed by atoms with E-state index in [2.05, 4.69) is 4.72 Å². The number of nitrogens with zero attached hydrogens (tertiary/aromatic N) is 1. The lowest BCUT2D eigenvalue weighted by Gasteiger charge is -2.06. The maximum atomic E-state index is 12.3. The van der Waals surface area contributed by atoms with Crippen LogP contribution in [0.3, 0.4) is 0 Å². The highest BCUT2D eigenvalue weighted by Crippen LogP contribution is 2.21.